The Morgan fingerprint density at radius 3 is 2.79 bits per heavy atom. The number of hydrogen-bond donors (Lipinski definition) is 2. The molecule has 1 aromatic carbocycles. The van der Waals surface area contributed by atoms with Crippen molar-refractivity contribution in [2.24, 2.45) is 0 Å². The minimum absolute atomic E-state index is 0.0214. The number of carboxylic acids is 1. The Bertz CT molecular complexity index is 519. The fourth-order valence-corrected chi connectivity index (χ4v) is 2.31. The van der Waals surface area contributed by atoms with Crippen LogP contribution in [0.25, 0.3) is 0 Å². The Labute approximate surface area is 109 Å². The first-order chi connectivity index (χ1) is 9.02. The number of nitrogen functional groups attached to an aromatic ring is 1. The van der Waals surface area contributed by atoms with Crippen molar-refractivity contribution in [3.8, 4) is 0 Å². The normalized spacial score (nSPS) is 19.2. The van der Waals surface area contributed by atoms with Gasteiger partial charge < -0.3 is 15.7 Å². The van der Waals surface area contributed by atoms with Gasteiger partial charge in [-0.25, -0.2) is 9.18 Å². The number of likely N-dealkylation sites (tertiary alicyclic amines) is 1. The summed E-state index contributed by atoms with van der Waals surface area (Å²) in [6.45, 7) is 0.353. The van der Waals surface area contributed by atoms with Gasteiger partial charge in [-0.15, -0.1) is 0 Å². The van der Waals surface area contributed by atoms with E-state index in [1.165, 1.54) is 17.0 Å². The van der Waals surface area contributed by atoms with Gasteiger partial charge in [0.05, 0.1) is 11.3 Å². The molecule has 1 saturated heterocycles. The molecule has 1 unspecified atom stereocenters. The Balaban J connectivity index is 2.31. The number of nitrogens with zero attached hydrogens (tertiary/aromatic N) is 1. The highest BCUT2D eigenvalue weighted by molar-refractivity contribution is 6.01. The van der Waals surface area contributed by atoms with Crippen molar-refractivity contribution in [3.05, 3.63) is 29.6 Å². The molecule has 5 nitrogen and oxygen atoms in total. The van der Waals surface area contributed by atoms with Crippen LogP contribution in [0.2, 0.25) is 0 Å². The van der Waals surface area contributed by atoms with Crippen LogP contribution >= 0.6 is 0 Å². The van der Waals surface area contributed by atoms with Crippen LogP contribution in [0.1, 0.15) is 29.6 Å². The number of carboxylic acid groups (broad SMARTS) is 1. The first-order valence-electron chi connectivity index (χ1n) is 6.10. The average molecular weight is 266 g/mol. The molecule has 6 heteroatoms. The molecule has 19 heavy (non-hydrogen) atoms. The SMILES string of the molecule is Nc1c(F)cccc1C(=O)N1CCCCC1C(=O)O. The molecule has 0 saturated carbocycles. The van der Waals surface area contributed by atoms with Gasteiger partial charge >= 0.3 is 5.97 Å². The van der Waals surface area contributed by atoms with Crippen LogP contribution in [0.15, 0.2) is 18.2 Å². The van der Waals surface area contributed by atoms with Gasteiger partial charge in [0.25, 0.3) is 5.91 Å². The third-order valence-corrected chi connectivity index (χ3v) is 3.33. The zero-order valence-electron chi connectivity index (χ0n) is 10.3. The van der Waals surface area contributed by atoms with Crippen molar-refractivity contribution in [3.63, 3.8) is 0 Å². The van der Waals surface area contributed by atoms with Gasteiger partial charge in [-0.1, -0.05) is 6.07 Å². The Hall–Kier alpha value is -2.11. The summed E-state index contributed by atoms with van der Waals surface area (Å²) < 4.78 is 13.4. The fraction of sp³-hybridized carbons (Fsp3) is 0.385. The molecule has 1 aliphatic rings. The van der Waals surface area contributed by atoms with Crippen LogP contribution in [0.5, 0.6) is 0 Å². The number of carbonyl (C=O) groups excluding carboxylic acids is 1. The van der Waals surface area contributed by atoms with Gasteiger partial charge in [0.1, 0.15) is 11.9 Å². The number of anilines is 1. The van der Waals surface area contributed by atoms with Crippen LogP contribution in [0.3, 0.4) is 0 Å². The zero-order valence-corrected chi connectivity index (χ0v) is 10.3. The number of hydrogen-bond acceptors (Lipinski definition) is 3. The van der Waals surface area contributed by atoms with Crippen molar-refractivity contribution in [1.29, 1.82) is 0 Å². The maximum absolute atomic E-state index is 13.4. The first-order valence-corrected chi connectivity index (χ1v) is 6.10. The maximum Gasteiger partial charge on any atom is 0.326 e. The zero-order chi connectivity index (χ0) is 14.0. The number of nitrogens with two attached hydrogens (primary N) is 1. The number of amides is 1. The summed E-state index contributed by atoms with van der Waals surface area (Å²) in [6.07, 6.45) is 1.92. The van der Waals surface area contributed by atoms with Crippen molar-refractivity contribution in [1.82, 2.24) is 4.90 Å². The van der Waals surface area contributed by atoms with E-state index in [1.807, 2.05) is 0 Å². The molecule has 1 aliphatic heterocycles. The van der Waals surface area contributed by atoms with Crippen LogP contribution in [-0.2, 0) is 4.79 Å². The summed E-state index contributed by atoms with van der Waals surface area (Å²) in [6, 6.07) is 3.10. The highest BCUT2D eigenvalue weighted by Crippen LogP contribution is 2.23. The van der Waals surface area contributed by atoms with E-state index < -0.39 is 23.7 Å². The van der Waals surface area contributed by atoms with E-state index in [0.717, 1.165) is 18.9 Å². The largest absolute Gasteiger partial charge is 0.480 e. The minimum Gasteiger partial charge on any atom is -0.480 e. The number of aliphatic carboxylic acids is 1. The van der Waals surface area contributed by atoms with Gasteiger partial charge in [-0.2, -0.15) is 0 Å². The molecule has 1 aromatic rings. The van der Waals surface area contributed by atoms with Crippen molar-refractivity contribution >= 4 is 17.6 Å². The average Bonchev–Trinajstić information content (AvgIpc) is 2.41. The third-order valence-electron chi connectivity index (χ3n) is 3.33. The first kappa shape index (κ1) is 13.3. The molecule has 3 N–H and O–H groups in total. The lowest BCUT2D eigenvalue weighted by Crippen LogP contribution is -2.48. The highest BCUT2D eigenvalue weighted by Gasteiger charge is 2.33. The second-order valence-corrected chi connectivity index (χ2v) is 4.55. The van der Waals surface area contributed by atoms with Crippen LogP contribution < -0.4 is 5.73 Å². The number of carbonyl (C=O) groups is 2. The van der Waals surface area contributed by atoms with Crippen molar-refractivity contribution < 1.29 is 19.1 Å². The number of rotatable bonds is 2. The lowest BCUT2D eigenvalue weighted by molar-refractivity contribution is -0.143. The van der Waals surface area contributed by atoms with Gasteiger partial charge in [0.2, 0.25) is 0 Å². The lowest BCUT2D eigenvalue weighted by atomic mass is 10.0. The molecule has 1 heterocycles. The van der Waals surface area contributed by atoms with E-state index in [1.54, 1.807) is 0 Å². The Morgan fingerprint density at radius 1 is 1.37 bits per heavy atom. The topological polar surface area (TPSA) is 83.6 Å². The number of benzene rings is 1. The molecule has 1 atom stereocenters. The minimum atomic E-state index is -1.04. The molecular weight excluding hydrogens is 251 g/mol. The lowest BCUT2D eigenvalue weighted by Gasteiger charge is -2.33. The van der Waals surface area contributed by atoms with E-state index in [0.29, 0.717) is 13.0 Å². The standard InChI is InChI=1S/C13H15FN2O3/c14-9-5-3-4-8(11(9)15)12(17)16-7-2-1-6-10(16)13(18)19/h3-5,10H,1-2,6-7,15H2,(H,18,19). The van der Waals surface area contributed by atoms with Crippen molar-refractivity contribution in [2.45, 2.75) is 25.3 Å². The molecule has 0 bridgehead atoms. The van der Waals surface area contributed by atoms with Crippen LogP contribution in [0, 0.1) is 5.82 Å². The molecule has 2 rings (SSSR count). The van der Waals surface area contributed by atoms with E-state index in [-0.39, 0.29) is 11.3 Å². The molecule has 0 spiro atoms. The second-order valence-electron chi connectivity index (χ2n) is 4.55. The summed E-state index contributed by atoms with van der Waals surface area (Å²) >= 11 is 0. The van der Waals surface area contributed by atoms with Gasteiger partial charge in [0, 0.05) is 6.54 Å². The van der Waals surface area contributed by atoms with E-state index in [9.17, 15) is 14.0 Å². The predicted molar refractivity (Wildman–Crippen MR) is 67.1 cm³/mol. The molecule has 102 valence electrons. The summed E-state index contributed by atoms with van der Waals surface area (Å²) in [5, 5.41) is 9.13. The smallest absolute Gasteiger partial charge is 0.326 e. The maximum atomic E-state index is 13.4. The Kier molecular flexibility index (Phi) is 3.69. The van der Waals surface area contributed by atoms with Crippen LogP contribution in [-0.4, -0.2) is 34.5 Å². The predicted octanol–water partition coefficient (Wildman–Crippen LogP) is 1.49. The van der Waals surface area contributed by atoms with Gasteiger partial charge in [-0.3, -0.25) is 4.79 Å². The van der Waals surface area contributed by atoms with Gasteiger partial charge in [-0.05, 0) is 31.4 Å². The van der Waals surface area contributed by atoms with Crippen molar-refractivity contribution in [2.75, 3.05) is 12.3 Å². The summed E-state index contributed by atoms with van der Waals surface area (Å²) in [5.74, 6) is -2.23. The van der Waals surface area contributed by atoms with E-state index in [2.05, 4.69) is 0 Å². The monoisotopic (exact) mass is 266 g/mol. The molecular formula is C13H15FN2O3. The number of halogens is 1. The van der Waals surface area contributed by atoms with E-state index >= 15 is 0 Å². The highest BCUT2D eigenvalue weighted by atomic mass is 19.1. The molecule has 0 aromatic heterocycles. The van der Waals surface area contributed by atoms with Gasteiger partial charge in [0.15, 0.2) is 0 Å². The summed E-state index contributed by atoms with van der Waals surface area (Å²) in [5.41, 5.74) is 5.33. The quantitative estimate of drug-likeness (QED) is 0.794. The summed E-state index contributed by atoms with van der Waals surface area (Å²) in [7, 11) is 0. The number of para-hydroxylation sites is 1. The second kappa shape index (κ2) is 5.26. The number of piperidine rings is 1. The Morgan fingerprint density at radius 2 is 2.11 bits per heavy atom. The molecule has 1 fully saturated rings. The summed E-state index contributed by atoms with van der Waals surface area (Å²) in [4.78, 5) is 24.7. The molecule has 0 aliphatic carbocycles. The molecule has 1 amide bonds. The van der Waals surface area contributed by atoms with E-state index in [4.69, 9.17) is 10.8 Å². The fourth-order valence-electron chi connectivity index (χ4n) is 2.31. The third kappa shape index (κ3) is 2.52. The van der Waals surface area contributed by atoms with Crippen LogP contribution in [0.4, 0.5) is 10.1 Å². The molecule has 0 radical (unpaired) electrons.